The number of methoxy groups -OCH3 is 1. The second-order valence-corrected chi connectivity index (χ2v) is 8.89. The molecule has 3 rings (SSSR count). The Morgan fingerprint density at radius 3 is 2.61 bits per heavy atom. The molecule has 2 heterocycles. The lowest BCUT2D eigenvalue weighted by Crippen LogP contribution is -2.33. The molecule has 1 aromatic carbocycles. The van der Waals surface area contributed by atoms with Crippen molar-refractivity contribution < 1.29 is 24.2 Å². The summed E-state index contributed by atoms with van der Waals surface area (Å²) in [6, 6.07) is 6.56. The highest BCUT2D eigenvalue weighted by molar-refractivity contribution is 7.14. The lowest BCUT2D eigenvalue weighted by atomic mass is 9.94. The molecule has 1 unspecified atom stereocenters. The average Bonchev–Trinajstić information content (AvgIpc) is 3.18. The van der Waals surface area contributed by atoms with Gasteiger partial charge in [0, 0.05) is 25.8 Å². The summed E-state index contributed by atoms with van der Waals surface area (Å²) in [5, 5.41) is 11.6. The van der Waals surface area contributed by atoms with E-state index in [2.05, 4.69) is 4.98 Å². The van der Waals surface area contributed by atoms with Gasteiger partial charge in [-0.15, -0.1) is 11.3 Å². The molecule has 2 aromatic rings. The SMILES string of the molecule is COCCCN1C(=O)C(O)=C(C(=O)c2sc(C)nc2C)C1c1ccccc1OC(C)C. The number of ether oxygens (including phenoxy) is 2. The number of amides is 1. The van der Waals surface area contributed by atoms with Gasteiger partial charge in [0.25, 0.3) is 5.91 Å². The van der Waals surface area contributed by atoms with Crippen LogP contribution < -0.4 is 4.74 Å². The van der Waals surface area contributed by atoms with Gasteiger partial charge in [-0.3, -0.25) is 9.59 Å². The highest BCUT2D eigenvalue weighted by atomic mass is 32.1. The van der Waals surface area contributed by atoms with Crippen molar-refractivity contribution in [3.05, 3.63) is 56.7 Å². The number of aliphatic hydroxyl groups excluding tert-OH is 1. The molecule has 1 atom stereocenters. The van der Waals surface area contributed by atoms with Crippen molar-refractivity contribution in [2.75, 3.05) is 20.3 Å². The number of nitrogens with zero attached hydrogens (tertiary/aromatic N) is 2. The van der Waals surface area contributed by atoms with Gasteiger partial charge in [-0.1, -0.05) is 18.2 Å². The van der Waals surface area contributed by atoms with E-state index in [0.29, 0.717) is 41.5 Å². The molecule has 1 amide bonds. The third-order valence-electron chi connectivity index (χ3n) is 4.98. The average molecular weight is 445 g/mol. The lowest BCUT2D eigenvalue weighted by molar-refractivity contribution is -0.129. The van der Waals surface area contributed by atoms with E-state index in [1.165, 1.54) is 16.2 Å². The van der Waals surface area contributed by atoms with Crippen LogP contribution in [-0.4, -0.2) is 53.0 Å². The van der Waals surface area contributed by atoms with Crippen LogP contribution in [0.1, 0.15) is 52.2 Å². The monoisotopic (exact) mass is 444 g/mol. The van der Waals surface area contributed by atoms with Crippen molar-refractivity contribution >= 4 is 23.0 Å². The molecular weight excluding hydrogens is 416 g/mol. The highest BCUT2D eigenvalue weighted by Crippen LogP contribution is 2.43. The van der Waals surface area contributed by atoms with Crippen molar-refractivity contribution in [3.63, 3.8) is 0 Å². The number of aliphatic hydroxyl groups is 1. The summed E-state index contributed by atoms with van der Waals surface area (Å²) in [4.78, 5) is 32.8. The summed E-state index contributed by atoms with van der Waals surface area (Å²) >= 11 is 1.26. The number of Topliss-reactive ketones (excluding diaryl/α,β-unsaturated/α-hetero) is 1. The summed E-state index contributed by atoms with van der Waals surface area (Å²) in [6.07, 6.45) is 0.475. The van der Waals surface area contributed by atoms with Crippen molar-refractivity contribution in [1.82, 2.24) is 9.88 Å². The Bertz CT molecular complexity index is 1010. The van der Waals surface area contributed by atoms with Crippen LogP contribution in [-0.2, 0) is 9.53 Å². The van der Waals surface area contributed by atoms with Gasteiger partial charge in [0.15, 0.2) is 5.76 Å². The number of para-hydroxylation sites is 1. The van der Waals surface area contributed by atoms with E-state index in [0.717, 1.165) is 5.01 Å². The van der Waals surface area contributed by atoms with Crippen LogP contribution in [0.15, 0.2) is 35.6 Å². The quantitative estimate of drug-likeness (QED) is 0.461. The number of carbonyl (C=O) groups excluding carboxylic acids is 2. The zero-order valence-corrected chi connectivity index (χ0v) is 19.3. The number of carbonyl (C=O) groups is 2. The van der Waals surface area contributed by atoms with Gasteiger partial charge in [-0.2, -0.15) is 0 Å². The van der Waals surface area contributed by atoms with E-state index in [1.807, 2.05) is 45.0 Å². The van der Waals surface area contributed by atoms with E-state index < -0.39 is 17.7 Å². The fourth-order valence-corrected chi connectivity index (χ4v) is 4.62. The number of thiazole rings is 1. The largest absolute Gasteiger partial charge is 0.503 e. The molecule has 0 radical (unpaired) electrons. The topological polar surface area (TPSA) is 89.0 Å². The molecule has 166 valence electrons. The Kier molecular flexibility index (Phi) is 7.12. The number of hydrogen-bond donors (Lipinski definition) is 1. The first kappa shape index (κ1) is 23.0. The first-order valence-electron chi connectivity index (χ1n) is 10.2. The van der Waals surface area contributed by atoms with Crippen molar-refractivity contribution in [1.29, 1.82) is 0 Å². The standard InChI is InChI=1S/C23H28N2O5S/c1-13(2)30-17-10-7-6-9-16(17)19-18(20(26)22-14(3)24-15(4)31-22)21(27)23(28)25(19)11-8-12-29-5/h6-7,9-10,13,19,27H,8,11-12H2,1-5H3. The Labute approximate surface area is 186 Å². The Morgan fingerprint density at radius 1 is 1.29 bits per heavy atom. The van der Waals surface area contributed by atoms with Gasteiger partial charge in [0.1, 0.15) is 5.75 Å². The summed E-state index contributed by atoms with van der Waals surface area (Å²) < 4.78 is 11.1. The van der Waals surface area contributed by atoms with E-state index >= 15 is 0 Å². The zero-order chi connectivity index (χ0) is 22.7. The third-order valence-corrected chi connectivity index (χ3v) is 6.05. The number of benzene rings is 1. The van der Waals surface area contributed by atoms with E-state index in [-0.39, 0.29) is 17.5 Å². The minimum Gasteiger partial charge on any atom is -0.503 e. The summed E-state index contributed by atoms with van der Waals surface area (Å²) in [5.41, 5.74) is 1.31. The van der Waals surface area contributed by atoms with E-state index in [1.54, 1.807) is 14.0 Å². The fraction of sp³-hybridized carbons (Fsp3) is 0.435. The minimum absolute atomic E-state index is 0.0639. The number of rotatable bonds is 9. The van der Waals surface area contributed by atoms with Crippen molar-refractivity contribution in [2.24, 2.45) is 0 Å². The fourth-order valence-electron chi connectivity index (χ4n) is 3.75. The van der Waals surface area contributed by atoms with E-state index in [4.69, 9.17) is 9.47 Å². The zero-order valence-electron chi connectivity index (χ0n) is 18.5. The lowest BCUT2D eigenvalue weighted by Gasteiger charge is -2.28. The molecule has 0 saturated carbocycles. The van der Waals surface area contributed by atoms with Gasteiger partial charge in [0.05, 0.1) is 33.3 Å². The summed E-state index contributed by atoms with van der Waals surface area (Å²) in [7, 11) is 1.59. The van der Waals surface area contributed by atoms with Crippen molar-refractivity contribution in [2.45, 2.75) is 46.3 Å². The molecule has 0 saturated heterocycles. The van der Waals surface area contributed by atoms with E-state index in [9.17, 15) is 14.7 Å². The van der Waals surface area contributed by atoms with Gasteiger partial charge >= 0.3 is 0 Å². The highest BCUT2D eigenvalue weighted by Gasteiger charge is 2.45. The molecular formula is C23H28N2O5S. The molecule has 1 aliphatic rings. The van der Waals surface area contributed by atoms with Crippen LogP contribution >= 0.6 is 11.3 Å². The van der Waals surface area contributed by atoms with Crippen LogP contribution in [0.3, 0.4) is 0 Å². The van der Waals surface area contributed by atoms with Gasteiger partial charge in [-0.05, 0) is 40.2 Å². The maximum Gasteiger partial charge on any atom is 0.290 e. The molecule has 0 bridgehead atoms. The van der Waals surface area contributed by atoms with Crippen LogP contribution in [0.5, 0.6) is 5.75 Å². The van der Waals surface area contributed by atoms with Gasteiger partial charge in [0.2, 0.25) is 5.78 Å². The van der Waals surface area contributed by atoms with Crippen LogP contribution in [0.2, 0.25) is 0 Å². The summed E-state index contributed by atoms with van der Waals surface area (Å²) in [5.74, 6) is -0.892. The third kappa shape index (κ3) is 4.65. The number of aromatic nitrogens is 1. The number of aryl methyl sites for hydroxylation is 2. The Morgan fingerprint density at radius 2 is 2.00 bits per heavy atom. The minimum atomic E-state index is -0.756. The molecule has 31 heavy (non-hydrogen) atoms. The maximum absolute atomic E-state index is 13.5. The normalized spacial score (nSPS) is 16.5. The molecule has 0 spiro atoms. The Balaban J connectivity index is 2.12. The second kappa shape index (κ2) is 9.62. The molecule has 8 heteroatoms. The van der Waals surface area contributed by atoms with Crippen LogP contribution in [0.25, 0.3) is 0 Å². The number of hydrogen-bond acceptors (Lipinski definition) is 7. The second-order valence-electron chi connectivity index (χ2n) is 7.69. The molecule has 0 fully saturated rings. The predicted molar refractivity (Wildman–Crippen MR) is 119 cm³/mol. The Hall–Kier alpha value is -2.71. The first-order valence-corrected chi connectivity index (χ1v) is 11.0. The van der Waals surface area contributed by atoms with Gasteiger partial charge < -0.3 is 19.5 Å². The molecule has 1 aliphatic heterocycles. The molecule has 1 N–H and O–H groups in total. The van der Waals surface area contributed by atoms with Crippen LogP contribution in [0, 0.1) is 13.8 Å². The van der Waals surface area contributed by atoms with Gasteiger partial charge in [-0.25, -0.2) is 4.98 Å². The molecule has 7 nitrogen and oxygen atoms in total. The first-order chi connectivity index (χ1) is 14.8. The smallest absolute Gasteiger partial charge is 0.290 e. The maximum atomic E-state index is 13.5. The molecule has 1 aromatic heterocycles. The molecule has 0 aliphatic carbocycles. The summed E-state index contributed by atoms with van der Waals surface area (Å²) in [6.45, 7) is 8.19. The number of ketones is 1. The van der Waals surface area contributed by atoms with Crippen molar-refractivity contribution in [3.8, 4) is 5.75 Å². The predicted octanol–water partition coefficient (Wildman–Crippen LogP) is 4.16. The van der Waals surface area contributed by atoms with Crippen LogP contribution in [0.4, 0.5) is 0 Å².